The van der Waals surface area contributed by atoms with Crippen LogP contribution in [0.15, 0.2) is 12.4 Å². The van der Waals surface area contributed by atoms with Crippen LogP contribution in [0.2, 0.25) is 0 Å². The zero-order chi connectivity index (χ0) is 9.10. The molecule has 0 aromatic carbocycles. The van der Waals surface area contributed by atoms with E-state index in [-0.39, 0.29) is 0 Å². The molecule has 0 saturated carbocycles. The molecule has 2 aromatic rings. The molecule has 2 N–H and O–H groups in total. The Hall–Kier alpha value is -1.92. The highest BCUT2D eigenvalue weighted by Gasteiger charge is 2.00. The predicted molar refractivity (Wildman–Crippen MR) is 44.7 cm³/mol. The number of aryl methyl sites for hydroxylation is 1. The van der Waals surface area contributed by atoms with Gasteiger partial charge in [-0.05, 0) is 0 Å². The first-order valence-electron chi connectivity index (χ1n) is 3.80. The molecule has 0 aliphatic rings. The lowest BCUT2D eigenvalue weighted by Crippen LogP contribution is -2.05. The molecule has 0 bridgehead atoms. The van der Waals surface area contributed by atoms with Gasteiger partial charge in [-0.2, -0.15) is 5.21 Å². The average molecular weight is 179 g/mol. The maximum atomic E-state index is 4.08. The van der Waals surface area contributed by atoms with Crippen LogP contribution in [0.5, 0.6) is 0 Å². The predicted octanol–water partition coefficient (Wildman–Crippen LogP) is -0.455. The molecule has 7 heteroatoms. The third kappa shape index (κ3) is 1.63. The number of aromatic amines is 1. The molecule has 0 radical (unpaired) electrons. The molecule has 2 aromatic heterocycles. The van der Waals surface area contributed by atoms with E-state index in [0.717, 1.165) is 5.95 Å². The second kappa shape index (κ2) is 3.21. The van der Waals surface area contributed by atoms with Gasteiger partial charge in [0.25, 0.3) is 0 Å². The normalized spacial score (nSPS) is 10.2. The van der Waals surface area contributed by atoms with Crippen molar-refractivity contribution >= 4 is 5.95 Å². The van der Waals surface area contributed by atoms with Gasteiger partial charge in [-0.3, -0.25) is 0 Å². The standard InChI is InChI=1S/C6H9N7/c1-13-3-2-7-6(13)8-4-5-9-11-12-10-5/h2-3H,4H2,1H3,(H,7,8)(H,9,10,11,12). The monoisotopic (exact) mass is 179 g/mol. The number of imidazole rings is 1. The summed E-state index contributed by atoms with van der Waals surface area (Å²) in [5.74, 6) is 1.40. The summed E-state index contributed by atoms with van der Waals surface area (Å²) in [6.45, 7) is 0.515. The van der Waals surface area contributed by atoms with Gasteiger partial charge in [-0.15, -0.1) is 10.2 Å². The van der Waals surface area contributed by atoms with E-state index < -0.39 is 0 Å². The van der Waals surface area contributed by atoms with Crippen LogP contribution in [0.1, 0.15) is 5.82 Å². The summed E-state index contributed by atoms with van der Waals surface area (Å²) < 4.78 is 1.88. The Kier molecular flexibility index (Phi) is 1.91. The molecule has 0 unspecified atom stereocenters. The van der Waals surface area contributed by atoms with Crippen LogP contribution >= 0.6 is 0 Å². The van der Waals surface area contributed by atoms with Gasteiger partial charge in [-0.25, -0.2) is 4.98 Å². The van der Waals surface area contributed by atoms with Crippen LogP contribution in [-0.2, 0) is 13.6 Å². The van der Waals surface area contributed by atoms with Crippen LogP contribution in [0.4, 0.5) is 5.95 Å². The summed E-state index contributed by atoms with van der Waals surface area (Å²) in [5.41, 5.74) is 0. The first kappa shape index (κ1) is 7.71. The summed E-state index contributed by atoms with van der Waals surface area (Å²) in [4.78, 5) is 4.08. The number of nitrogens with zero attached hydrogens (tertiary/aromatic N) is 5. The largest absolute Gasteiger partial charge is 0.348 e. The quantitative estimate of drug-likeness (QED) is 0.666. The lowest BCUT2D eigenvalue weighted by Gasteiger charge is -2.01. The van der Waals surface area contributed by atoms with Crippen LogP contribution in [0.25, 0.3) is 0 Å². The van der Waals surface area contributed by atoms with Crippen molar-refractivity contribution < 1.29 is 0 Å². The van der Waals surface area contributed by atoms with Gasteiger partial charge >= 0.3 is 0 Å². The first-order chi connectivity index (χ1) is 6.36. The highest BCUT2D eigenvalue weighted by Crippen LogP contribution is 2.01. The number of rotatable bonds is 3. The van der Waals surface area contributed by atoms with Crippen molar-refractivity contribution in [2.75, 3.05) is 5.32 Å². The molecule has 0 aliphatic carbocycles. The van der Waals surface area contributed by atoms with E-state index in [9.17, 15) is 0 Å². The lowest BCUT2D eigenvalue weighted by atomic mass is 10.6. The first-order valence-corrected chi connectivity index (χ1v) is 3.80. The van der Waals surface area contributed by atoms with Crippen molar-refractivity contribution in [3.63, 3.8) is 0 Å². The average Bonchev–Trinajstić information content (AvgIpc) is 2.72. The minimum absolute atomic E-state index is 0.515. The lowest BCUT2D eigenvalue weighted by molar-refractivity contribution is 0.876. The molecule has 0 amide bonds. The molecule has 0 saturated heterocycles. The number of H-pyrrole nitrogens is 1. The highest BCUT2D eigenvalue weighted by atomic mass is 15.5. The summed E-state index contributed by atoms with van der Waals surface area (Å²) in [6.07, 6.45) is 3.58. The second-order valence-corrected chi connectivity index (χ2v) is 2.54. The van der Waals surface area contributed by atoms with E-state index in [1.54, 1.807) is 6.20 Å². The van der Waals surface area contributed by atoms with Crippen molar-refractivity contribution in [3.05, 3.63) is 18.2 Å². The Labute approximate surface area is 74.2 Å². The molecule has 13 heavy (non-hydrogen) atoms. The van der Waals surface area contributed by atoms with E-state index in [2.05, 4.69) is 30.9 Å². The van der Waals surface area contributed by atoms with Gasteiger partial charge in [-0.1, -0.05) is 5.21 Å². The van der Waals surface area contributed by atoms with Gasteiger partial charge in [0.2, 0.25) is 5.95 Å². The van der Waals surface area contributed by atoms with Crippen molar-refractivity contribution in [1.82, 2.24) is 30.2 Å². The van der Waals surface area contributed by atoms with E-state index >= 15 is 0 Å². The molecule has 0 atom stereocenters. The minimum Gasteiger partial charge on any atom is -0.348 e. The fourth-order valence-corrected chi connectivity index (χ4v) is 0.951. The minimum atomic E-state index is 0.515. The van der Waals surface area contributed by atoms with Crippen LogP contribution in [0, 0.1) is 0 Å². The van der Waals surface area contributed by atoms with Crippen LogP contribution in [-0.4, -0.2) is 30.2 Å². The Morgan fingerprint density at radius 3 is 3.15 bits per heavy atom. The Morgan fingerprint density at radius 2 is 2.54 bits per heavy atom. The van der Waals surface area contributed by atoms with Crippen molar-refractivity contribution in [2.45, 2.75) is 6.54 Å². The third-order valence-corrected chi connectivity index (χ3v) is 1.62. The van der Waals surface area contributed by atoms with Gasteiger partial charge in [0.05, 0.1) is 6.54 Å². The topological polar surface area (TPSA) is 84.3 Å². The Morgan fingerprint density at radius 1 is 1.62 bits per heavy atom. The molecule has 7 nitrogen and oxygen atoms in total. The van der Waals surface area contributed by atoms with Crippen molar-refractivity contribution in [1.29, 1.82) is 0 Å². The number of aromatic nitrogens is 6. The fraction of sp³-hybridized carbons (Fsp3) is 0.333. The maximum absolute atomic E-state index is 4.08. The number of tetrazole rings is 1. The molecular weight excluding hydrogens is 170 g/mol. The number of nitrogens with one attached hydrogen (secondary N) is 2. The molecular formula is C6H9N7. The van der Waals surface area contributed by atoms with Gasteiger partial charge in [0.1, 0.15) is 0 Å². The zero-order valence-electron chi connectivity index (χ0n) is 7.10. The summed E-state index contributed by atoms with van der Waals surface area (Å²) in [7, 11) is 1.91. The van der Waals surface area contributed by atoms with Gasteiger partial charge < -0.3 is 9.88 Å². The number of hydrogen-bond donors (Lipinski definition) is 2. The van der Waals surface area contributed by atoms with Crippen LogP contribution in [0.3, 0.4) is 0 Å². The Balaban J connectivity index is 1.97. The van der Waals surface area contributed by atoms with Crippen LogP contribution < -0.4 is 5.32 Å². The summed E-state index contributed by atoms with van der Waals surface area (Å²) in [6, 6.07) is 0. The summed E-state index contributed by atoms with van der Waals surface area (Å²) >= 11 is 0. The molecule has 68 valence electrons. The third-order valence-electron chi connectivity index (χ3n) is 1.62. The van der Waals surface area contributed by atoms with E-state index in [1.807, 2.05) is 17.8 Å². The fourth-order valence-electron chi connectivity index (χ4n) is 0.951. The second-order valence-electron chi connectivity index (χ2n) is 2.54. The SMILES string of the molecule is Cn1ccnc1NCc1nn[nH]n1. The smallest absolute Gasteiger partial charge is 0.202 e. The van der Waals surface area contributed by atoms with E-state index in [4.69, 9.17) is 0 Å². The summed E-state index contributed by atoms with van der Waals surface area (Å²) in [5, 5.41) is 16.5. The Bertz CT molecular complexity index is 362. The molecule has 0 spiro atoms. The van der Waals surface area contributed by atoms with Crippen molar-refractivity contribution in [2.24, 2.45) is 7.05 Å². The van der Waals surface area contributed by atoms with E-state index in [0.29, 0.717) is 12.4 Å². The molecule has 0 fully saturated rings. The van der Waals surface area contributed by atoms with Gasteiger partial charge in [0, 0.05) is 19.4 Å². The number of hydrogen-bond acceptors (Lipinski definition) is 5. The molecule has 2 rings (SSSR count). The number of anilines is 1. The van der Waals surface area contributed by atoms with Gasteiger partial charge in [0.15, 0.2) is 5.82 Å². The molecule has 2 heterocycles. The van der Waals surface area contributed by atoms with Crippen molar-refractivity contribution in [3.8, 4) is 0 Å². The maximum Gasteiger partial charge on any atom is 0.202 e. The van der Waals surface area contributed by atoms with E-state index in [1.165, 1.54) is 0 Å². The molecule has 0 aliphatic heterocycles. The zero-order valence-corrected chi connectivity index (χ0v) is 7.10. The highest BCUT2D eigenvalue weighted by molar-refractivity contribution is 5.25.